The van der Waals surface area contributed by atoms with Crippen LogP contribution in [0.3, 0.4) is 0 Å². The Morgan fingerprint density at radius 3 is 0.957 bits per heavy atom. The van der Waals surface area contributed by atoms with Gasteiger partial charge >= 0.3 is 0 Å². The molecule has 12 heterocycles. The quantitative estimate of drug-likeness (QED) is 0.123. The van der Waals surface area contributed by atoms with Crippen LogP contribution in [0, 0.1) is 55.4 Å². The summed E-state index contributed by atoms with van der Waals surface area (Å²) >= 11 is 0. The maximum Gasteiger partial charge on any atom is 0.163 e. The fourth-order valence-corrected chi connectivity index (χ4v) is 10.5. The molecule has 0 aliphatic carbocycles. The fourth-order valence-electron chi connectivity index (χ4n) is 10.5. The molecule has 20 nitrogen and oxygen atoms in total. The first-order valence-electron chi connectivity index (χ1n) is 37.2. The number of hydrogen-bond acceptors (Lipinski definition) is 20. The first-order valence-corrected chi connectivity index (χ1v) is 37.2. The average Bonchev–Trinajstić information content (AvgIpc) is 0.829. The monoisotopic (exact) mass is 1520 g/mol. The van der Waals surface area contributed by atoms with Crippen LogP contribution in [0.2, 0.25) is 0 Å². The first kappa shape index (κ1) is 81.5. The summed E-state index contributed by atoms with van der Waals surface area (Å²) in [7, 11) is 0. The average molecular weight is 1520 g/mol. The molecule has 18 aromatic rings. The molecule has 0 radical (unpaired) electrons. The zero-order valence-corrected chi connectivity index (χ0v) is 65.6. The molecule has 0 spiro atoms. The standard InChI is InChI=1S/C17H14N2.C16H13N3.3C11H10N2.3C10H9N3/c1-13-7-9-15(10-8-13)17-18-12-11-16(19-17)14-5-3-2-4-6-14;1-12-7-9-14(10-8-12)16-18-11-17-15(19-16)13-5-3-2-4-6-13;1-9-4-5-11(8-13-9)10-3-2-6-12-7-10;1-9-12-7-11(8-13-9)10-5-3-2-4-6-10;1-9-7-8-12-11(13-9)10-5-3-2-4-6-10;1-8-6-12-10(13-7-8)9-2-4-11-5-3-9;1-8-4-6-12-10(13-8)9-3-2-5-11-7-9;1-8-5-12-10(13-6-8)9-3-2-4-11-7-9/h2-12H,1H3;2-11H,1H3;3*2-8H,1H3;3*2-7H,1H3. The minimum absolute atomic E-state index is 0.700. The predicted octanol–water partition coefficient (Wildman–Crippen LogP) is 20.5. The lowest BCUT2D eigenvalue weighted by Crippen LogP contribution is -1.94. The topological polar surface area (TPSA) is 258 Å². The van der Waals surface area contributed by atoms with Crippen LogP contribution >= 0.6 is 0 Å². The fraction of sp³-hybridized carbons (Fsp3) is 0.0833. The Hall–Kier alpha value is -15.4. The van der Waals surface area contributed by atoms with Crippen molar-refractivity contribution in [2.75, 3.05) is 0 Å². The van der Waals surface area contributed by atoms with E-state index in [-0.39, 0.29) is 0 Å². The molecule has 12 aromatic heterocycles. The molecule has 0 saturated heterocycles. The minimum Gasteiger partial charge on any atom is -0.265 e. The molecule has 0 bridgehead atoms. The molecule has 0 N–H and O–H groups in total. The highest BCUT2D eigenvalue weighted by atomic mass is 15.0. The van der Waals surface area contributed by atoms with E-state index in [1.165, 1.54) is 11.1 Å². The lowest BCUT2D eigenvalue weighted by Gasteiger charge is -2.04. The van der Waals surface area contributed by atoms with Crippen LogP contribution in [0.25, 0.3) is 113 Å². The number of hydrogen-bond donors (Lipinski definition) is 0. The van der Waals surface area contributed by atoms with Crippen molar-refractivity contribution in [3.8, 4) is 113 Å². The zero-order valence-electron chi connectivity index (χ0n) is 65.6. The molecule has 6 aromatic carbocycles. The first-order chi connectivity index (χ1) is 56.8. The third-order valence-electron chi connectivity index (χ3n) is 16.7. The molecule has 0 atom stereocenters. The van der Waals surface area contributed by atoms with E-state index in [2.05, 4.69) is 168 Å². The van der Waals surface area contributed by atoms with E-state index >= 15 is 0 Å². The molecule has 116 heavy (non-hydrogen) atoms. The summed E-state index contributed by atoms with van der Waals surface area (Å²) < 4.78 is 0. The molecule has 18 rings (SSSR count). The second-order valence-electron chi connectivity index (χ2n) is 26.0. The molecule has 0 amide bonds. The third kappa shape index (κ3) is 26.4. The molecule has 0 fully saturated rings. The second kappa shape index (κ2) is 43.8. The van der Waals surface area contributed by atoms with Gasteiger partial charge < -0.3 is 0 Å². The molecule has 0 unspecified atom stereocenters. The molecular weight excluding hydrogens is 1430 g/mol. The van der Waals surface area contributed by atoms with Gasteiger partial charge in [0.25, 0.3) is 0 Å². The highest BCUT2D eigenvalue weighted by Gasteiger charge is 2.09. The Balaban J connectivity index is 0.000000131. The van der Waals surface area contributed by atoms with E-state index < -0.39 is 0 Å². The Morgan fingerprint density at radius 2 is 0.517 bits per heavy atom. The Labute approximate surface area is 676 Å². The minimum atomic E-state index is 0.700. The van der Waals surface area contributed by atoms with Crippen molar-refractivity contribution < 1.29 is 0 Å². The van der Waals surface area contributed by atoms with Crippen molar-refractivity contribution in [3.63, 3.8) is 0 Å². The van der Waals surface area contributed by atoms with Crippen molar-refractivity contribution in [3.05, 3.63) is 412 Å². The van der Waals surface area contributed by atoms with Crippen molar-refractivity contribution in [2.45, 2.75) is 55.4 Å². The van der Waals surface area contributed by atoms with Gasteiger partial charge in [0, 0.05) is 190 Å². The van der Waals surface area contributed by atoms with E-state index in [0.29, 0.717) is 11.6 Å². The van der Waals surface area contributed by atoms with Crippen LogP contribution in [0.15, 0.2) is 367 Å². The normalized spacial score (nSPS) is 10.1. The van der Waals surface area contributed by atoms with Gasteiger partial charge in [0.2, 0.25) is 0 Å². The highest BCUT2D eigenvalue weighted by molar-refractivity contribution is 5.66. The lowest BCUT2D eigenvalue weighted by molar-refractivity contribution is 1.06. The molecule has 20 heteroatoms. The van der Waals surface area contributed by atoms with Crippen molar-refractivity contribution >= 4 is 0 Å². The summed E-state index contributed by atoms with van der Waals surface area (Å²) in [5.41, 5.74) is 21.1. The van der Waals surface area contributed by atoms with Gasteiger partial charge in [0.05, 0.1) is 5.69 Å². The van der Waals surface area contributed by atoms with Gasteiger partial charge in [-0.25, -0.2) is 74.8 Å². The molecule has 0 aliphatic rings. The summed E-state index contributed by atoms with van der Waals surface area (Å²) in [5.74, 6) is 5.96. The predicted molar refractivity (Wildman–Crippen MR) is 460 cm³/mol. The van der Waals surface area contributed by atoms with Crippen LogP contribution in [0.4, 0.5) is 0 Å². The van der Waals surface area contributed by atoms with Crippen LogP contribution in [0.5, 0.6) is 0 Å². The highest BCUT2D eigenvalue weighted by Crippen LogP contribution is 2.24. The van der Waals surface area contributed by atoms with Crippen LogP contribution in [0.1, 0.15) is 45.2 Å². The Morgan fingerprint density at radius 1 is 0.164 bits per heavy atom. The van der Waals surface area contributed by atoms with Crippen molar-refractivity contribution in [2.24, 2.45) is 0 Å². The van der Waals surface area contributed by atoms with E-state index in [9.17, 15) is 0 Å². The van der Waals surface area contributed by atoms with Crippen molar-refractivity contribution in [1.82, 2.24) is 99.7 Å². The van der Waals surface area contributed by atoms with Gasteiger partial charge in [-0.1, -0.05) is 193 Å². The van der Waals surface area contributed by atoms with Crippen molar-refractivity contribution in [1.29, 1.82) is 0 Å². The Bertz CT molecular complexity index is 5320. The van der Waals surface area contributed by atoms with Crippen LogP contribution in [-0.2, 0) is 0 Å². The number of nitrogens with zero attached hydrogens (tertiary/aromatic N) is 20. The molecular formula is C96H84N20. The second-order valence-corrected chi connectivity index (χ2v) is 26.0. The molecule has 0 saturated carbocycles. The van der Waals surface area contributed by atoms with E-state index in [4.69, 9.17) is 0 Å². The maximum absolute atomic E-state index is 4.63. The smallest absolute Gasteiger partial charge is 0.163 e. The summed E-state index contributed by atoms with van der Waals surface area (Å²) in [6, 6.07) is 81.7. The van der Waals surface area contributed by atoms with Gasteiger partial charge in [-0.05, 0) is 139 Å². The summed E-state index contributed by atoms with van der Waals surface area (Å²) in [5, 5.41) is 0. The third-order valence-corrected chi connectivity index (χ3v) is 16.7. The van der Waals surface area contributed by atoms with Gasteiger partial charge in [-0.3, -0.25) is 24.9 Å². The van der Waals surface area contributed by atoms with Crippen LogP contribution < -0.4 is 0 Å². The summed E-state index contributed by atoms with van der Waals surface area (Å²) in [6.45, 7) is 15.8. The zero-order chi connectivity index (χ0) is 80.7. The van der Waals surface area contributed by atoms with E-state index in [1.54, 1.807) is 74.5 Å². The largest absolute Gasteiger partial charge is 0.265 e. The van der Waals surface area contributed by atoms with Crippen LogP contribution in [-0.4, -0.2) is 99.7 Å². The molecule has 0 aliphatic heterocycles. The summed E-state index contributed by atoms with van der Waals surface area (Å²) in [4.78, 5) is 84.3. The lowest BCUT2D eigenvalue weighted by atomic mass is 10.1. The SMILES string of the molecule is Cc1ccc(-c2cccnc2)cn1.Cc1ccc(-c2nccc(-c3ccccc3)n2)cc1.Cc1ccc(-c2ncnc(-c3ccccc3)n2)cc1.Cc1ccnc(-c2ccccc2)n1.Cc1ccnc(-c2cccnc2)n1.Cc1cnc(-c2cccnc2)nc1.Cc1cnc(-c2ccncc2)nc1.Cc1ncc(-c2ccccc2)cn1. The number of aromatic nitrogens is 20. The van der Waals surface area contributed by atoms with E-state index in [0.717, 1.165) is 136 Å². The number of benzene rings is 6. The molecule has 568 valence electrons. The Kier molecular flexibility index (Phi) is 30.8. The van der Waals surface area contributed by atoms with Gasteiger partial charge in [-0.2, -0.15) is 0 Å². The van der Waals surface area contributed by atoms with E-state index in [1.807, 2.05) is 279 Å². The van der Waals surface area contributed by atoms with Gasteiger partial charge in [0.1, 0.15) is 12.2 Å². The maximum atomic E-state index is 4.63. The number of aryl methyl sites for hydroxylation is 8. The number of rotatable bonds is 10. The van der Waals surface area contributed by atoms with Gasteiger partial charge in [-0.15, -0.1) is 0 Å². The summed E-state index contributed by atoms with van der Waals surface area (Å²) in [6.07, 6.45) is 33.7. The van der Waals surface area contributed by atoms with Gasteiger partial charge in [0.15, 0.2) is 40.8 Å². The number of pyridine rings is 5.